The fourth-order valence-electron chi connectivity index (χ4n) is 4.07. The predicted molar refractivity (Wildman–Crippen MR) is 114 cm³/mol. The topological polar surface area (TPSA) is 62.5 Å². The van der Waals surface area contributed by atoms with E-state index in [4.69, 9.17) is 16.0 Å². The quantitative estimate of drug-likeness (QED) is 0.607. The highest BCUT2D eigenvalue weighted by atomic mass is 35.5. The molecule has 1 saturated carbocycles. The van der Waals surface area contributed by atoms with Gasteiger partial charge in [0, 0.05) is 49.2 Å². The first-order valence-electron chi connectivity index (χ1n) is 10.5. The van der Waals surface area contributed by atoms with E-state index in [1.165, 1.54) is 37.1 Å². The zero-order valence-corrected chi connectivity index (χ0v) is 18.4. The van der Waals surface area contributed by atoms with Crippen molar-refractivity contribution in [3.63, 3.8) is 0 Å². The van der Waals surface area contributed by atoms with Crippen LogP contribution in [-0.2, 0) is 11.3 Å². The minimum atomic E-state index is -0.287. The Hall–Kier alpha value is -1.64. The number of carbonyl (C=O) groups excluding carboxylic acids is 1. The van der Waals surface area contributed by atoms with Crippen molar-refractivity contribution in [1.29, 1.82) is 0 Å². The molecular weight excluding hydrogens is 427 g/mol. The van der Waals surface area contributed by atoms with E-state index in [0.717, 1.165) is 12.8 Å². The van der Waals surface area contributed by atoms with Crippen molar-refractivity contribution in [3.05, 3.63) is 40.5 Å². The number of rotatable bonds is 6. The predicted octanol–water partition coefficient (Wildman–Crippen LogP) is 4.35. The number of hydrogen-bond donors (Lipinski definition) is 0. The number of benzene rings is 1. The Bertz CT molecular complexity index is 846. The minimum Gasteiger partial charge on any atom is -0.416 e. The Morgan fingerprint density at radius 3 is 2.67 bits per heavy atom. The second kappa shape index (κ2) is 10.1. The largest absolute Gasteiger partial charge is 0.416 e. The normalized spacial score (nSPS) is 18.7. The van der Waals surface area contributed by atoms with E-state index in [2.05, 4.69) is 15.1 Å². The van der Waals surface area contributed by atoms with Crippen molar-refractivity contribution >= 4 is 29.3 Å². The maximum Gasteiger partial charge on any atom is 0.277 e. The maximum absolute atomic E-state index is 14.0. The van der Waals surface area contributed by atoms with E-state index in [9.17, 15) is 9.18 Å². The molecule has 1 aromatic carbocycles. The van der Waals surface area contributed by atoms with Crippen molar-refractivity contribution < 1.29 is 13.6 Å². The van der Waals surface area contributed by atoms with Gasteiger partial charge in [-0.2, -0.15) is 0 Å². The lowest BCUT2D eigenvalue weighted by Crippen LogP contribution is -2.48. The molecule has 30 heavy (non-hydrogen) atoms. The molecule has 0 spiro atoms. The number of hydrogen-bond acceptors (Lipinski definition) is 6. The molecule has 0 radical (unpaired) electrons. The van der Waals surface area contributed by atoms with Gasteiger partial charge in [0.05, 0.1) is 5.75 Å². The van der Waals surface area contributed by atoms with Crippen LogP contribution in [0.15, 0.2) is 27.8 Å². The smallest absolute Gasteiger partial charge is 0.277 e. The summed E-state index contributed by atoms with van der Waals surface area (Å²) in [4.78, 5) is 16.5. The first kappa shape index (κ1) is 21.6. The van der Waals surface area contributed by atoms with Crippen LogP contribution in [0.3, 0.4) is 0 Å². The molecule has 1 aliphatic heterocycles. The van der Waals surface area contributed by atoms with Crippen LogP contribution in [0.25, 0.3) is 0 Å². The molecule has 162 valence electrons. The van der Waals surface area contributed by atoms with E-state index in [-0.39, 0.29) is 17.5 Å². The van der Waals surface area contributed by atoms with Crippen LogP contribution in [-0.4, -0.2) is 57.8 Å². The van der Waals surface area contributed by atoms with E-state index in [1.807, 2.05) is 4.90 Å². The first-order valence-corrected chi connectivity index (χ1v) is 11.9. The second-order valence-corrected chi connectivity index (χ2v) is 9.22. The lowest BCUT2D eigenvalue weighted by Gasteiger charge is -2.34. The molecule has 6 nitrogen and oxygen atoms in total. The SMILES string of the molecule is O=C(CSc1nnc(C2CCCCC2)o1)N1CCN(Cc2c(F)cccc2Cl)CC1. The lowest BCUT2D eigenvalue weighted by atomic mass is 9.89. The number of piperazine rings is 1. The zero-order valence-electron chi connectivity index (χ0n) is 16.9. The number of thioether (sulfide) groups is 1. The van der Waals surface area contributed by atoms with Gasteiger partial charge in [-0.25, -0.2) is 4.39 Å². The summed E-state index contributed by atoms with van der Waals surface area (Å²) in [5, 5.41) is 9.20. The summed E-state index contributed by atoms with van der Waals surface area (Å²) in [5.74, 6) is 1.13. The van der Waals surface area contributed by atoms with E-state index < -0.39 is 0 Å². The number of amides is 1. The van der Waals surface area contributed by atoms with Gasteiger partial charge in [-0.3, -0.25) is 9.69 Å². The number of nitrogens with zero attached hydrogens (tertiary/aromatic N) is 4. The molecule has 0 unspecified atom stereocenters. The van der Waals surface area contributed by atoms with Crippen LogP contribution >= 0.6 is 23.4 Å². The third kappa shape index (κ3) is 5.34. The Morgan fingerprint density at radius 2 is 1.93 bits per heavy atom. The van der Waals surface area contributed by atoms with Gasteiger partial charge in [0.2, 0.25) is 11.8 Å². The van der Waals surface area contributed by atoms with Crippen LogP contribution in [0.5, 0.6) is 0 Å². The van der Waals surface area contributed by atoms with Crippen LogP contribution in [0.1, 0.15) is 49.5 Å². The number of aromatic nitrogens is 2. The Balaban J connectivity index is 1.22. The van der Waals surface area contributed by atoms with Gasteiger partial charge in [-0.15, -0.1) is 10.2 Å². The summed E-state index contributed by atoms with van der Waals surface area (Å²) in [7, 11) is 0. The summed E-state index contributed by atoms with van der Waals surface area (Å²) in [5.41, 5.74) is 0.514. The summed E-state index contributed by atoms with van der Waals surface area (Å²) < 4.78 is 19.8. The molecule has 2 heterocycles. The molecule has 1 amide bonds. The summed E-state index contributed by atoms with van der Waals surface area (Å²) in [6.45, 7) is 3.06. The number of carbonyl (C=O) groups is 1. The molecule has 0 bridgehead atoms. The Kier molecular flexibility index (Phi) is 7.28. The van der Waals surface area contributed by atoms with Crippen molar-refractivity contribution in [2.24, 2.45) is 0 Å². The van der Waals surface area contributed by atoms with Crippen LogP contribution in [0.4, 0.5) is 4.39 Å². The van der Waals surface area contributed by atoms with Gasteiger partial charge in [0.1, 0.15) is 5.82 Å². The van der Waals surface area contributed by atoms with E-state index in [0.29, 0.717) is 60.3 Å². The van der Waals surface area contributed by atoms with Crippen LogP contribution in [0.2, 0.25) is 5.02 Å². The van der Waals surface area contributed by atoms with Gasteiger partial charge < -0.3 is 9.32 Å². The lowest BCUT2D eigenvalue weighted by molar-refractivity contribution is -0.130. The molecule has 9 heteroatoms. The molecule has 0 N–H and O–H groups in total. The first-order chi connectivity index (χ1) is 14.6. The van der Waals surface area contributed by atoms with Gasteiger partial charge in [0.25, 0.3) is 5.22 Å². The third-order valence-electron chi connectivity index (χ3n) is 5.86. The van der Waals surface area contributed by atoms with Crippen molar-refractivity contribution in [2.45, 2.75) is 49.8 Å². The highest BCUT2D eigenvalue weighted by Crippen LogP contribution is 2.33. The molecule has 0 atom stereocenters. The third-order valence-corrected chi connectivity index (χ3v) is 7.02. The molecular formula is C21H26ClFN4O2S. The Morgan fingerprint density at radius 1 is 1.17 bits per heavy atom. The molecule has 1 saturated heterocycles. The highest BCUT2D eigenvalue weighted by molar-refractivity contribution is 7.99. The number of halogens is 2. The Labute approximate surface area is 185 Å². The standard InChI is InChI=1S/C21H26ClFN4O2S/c22-17-7-4-8-18(23)16(17)13-26-9-11-27(12-10-26)19(28)14-30-21-25-24-20(29-21)15-5-2-1-3-6-15/h4,7-8,15H,1-3,5-6,9-14H2. The fourth-order valence-corrected chi connectivity index (χ4v) is 4.97. The van der Waals surface area contributed by atoms with Gasteiger partial charge in [-0.05, 0) is 25.0 Å². The van der Waals surface area contributed by atoms with E-state index >= 15 is 0 Å². The fraction of sp³-hybridized carbons (Fsp3) is 0.571. The van der Waals surface area contributed by atoms with Crippen molar-refractivity contribution in [3.8, 4) is 0 Å². The molecule has 2 aromatic rings. The molecule has 2 aliphatic rings. The highest BCUT2D eigenvalue weighted by Gasteiger charge is 2.24. The maximum atomic E-state index is 14.0. The second-order valence-electron chi connectivity index (χ2n) is 7.89. The minimum absolute atomic E-state index is 0.0565. The summed E-state index contributed by atoms with van der Waals surface area (Å²) in [6.07, 6.45) is 5.91. The monoisotopic (exact) mass is 452 g/mol. The van der Waals surface area contributed by atoms with Gasteiger partial charge >= 0.3 is 0 Å². The average Bonchev–Trinajstić information content (AvgIpc) is 3.25. The molecule has 1 aliphatic carbocycles. The zero-order chi connectivity index (χ0) is 20.9. The molecule has 2 fully saturated rings. The summed E-state index contributed by atoms with van der Waals surface area (Å²) >= 11 is 7.43. The van der Waals surface area contributed by atoms with Crippen molar-refractivity contribution in [1.82, 2.24) is 20.0 Å². The van der Waals surface area contributed by atoms with Crippen LogP contribution in [0, 0.1) is 5.82 Å². The van der Waals surface area contributed by atoms with Gasteiger partial charge in [-0.1, -0.05) is 48.7 Å². The summed E-state index contributed by atoms with van der Waals surface area (Å²) in [6, 6.07) is 4.74. The average molecular weight is 453 g/mol. The van der Waals surface area contributed by atoms with Crippen LogP contribution < -0.4 is 0 Å². The van der Waals surface area contributed by atoms with Gasteiger partial charge in [0.15, 0.2) is 0 Å². The molecule has 1 aromatic heterocycles. The van der Waals surface area contributed by atoms with E-state index in [1.54, 1.807) is 12.1 Å². The van der Waals surface area contributed by atoms with Crippen molar-refractivity contribution in [2.75, 3.05) is 31.9 Å². The molecule has 4 rings (SSSR count).